The largest absolute Gasteiger partial charge is 0.484 e. The van der Waals surface area contributed by atoms with Crippen LogP contribution in [0.5, 0.6) is 5.75 Å². The highest BCUT2D eigenvalue weighted by Crippen LogP contribution is 2.23. The molecule has 1 saturated heterocycles. The van der Waals surface area contributed by atoms with Crippen molar-refractivity contribution in [3.8, 4) is 5.75 Å². The molecule has 0 unspecified atom stereocenters. The van der Waals surface area contributed by atoms with Gasteiger partial charge < -0.3 is 10.1 Å². The van der Waals surface area contributed by atoms with Gasteiger partial charge in [0.05, 0.1) is 4.90 Å². The number of rotatable bonds is 6. The lowest BCUT2D eigenvalue weighted by atomic mass is 10.2. The van der Waals surface area contributed by atoms with Crippen molar-refractivity contribution >= 4 is 15.9 Å². The Morgan fingerprint density at radius 2 is 1.68 bits per heavy atom. The average Bonchev–Trinajstić information content (AvgIpc) is 3.14. The maximum absolute atomic E-state index is 12.6. The number of piperidine rings is 1. The van der Waals surface area contributed by atoms with E-state index in [1.165, 1.54) is 12.8 Å². The third kappa shape index (κ3) is 4.73. The average molecular weight is 366 g/mol. The summed E-state index contributed by atoms with van der Waals surface area (Å²) in [6.45, 7) is 1.12. The lowest BCUT2D eigenvalue weighted by Crippen LogP contribution is -2.36. The predicted octanol–water partition coefficient (Wildman–Crippen LogP) is 2.30. The number of benzene rings is 1. The van der Waals surface area contributed by atoms with E-state index in [0.29, 0.717) is 18.8 Å². The first-order chi connectivity index (χ1) is 12.1. The molecule has 25 heavy (non-hydrogen) atoms. The predicted molar refractivity (Wildman–Crippen MR) is 94.9 cm³/mol. The van der Waals surface area contributed by atoms with Crippen molar-refractivity contribution in [2.24, 2.45) is 0 Å². The monoisotopic (exact) mass is 366 g/mol. The van der Waals surface area contributed by atoms with Gasteiger partial charge in [-0.25, -0.2) is 8.42 Å². The third-order valence-corrected chi connectivity index (χ3v) is 6.78. The second kappa shape index (κ2) is 8.19. The summed E-state index contributed by atoms with van der Waals surface area (Å²) in [6.07, 6.45) is 7.32. The Morgan fingerprint density at radius 1 is 1.04 bits per heavy atom. The van der Waals surface area contributed by atoms with E-state index in [2.05, 4.69) is 5.32 Å². The molecular weight excluding hydrogens is 340 g/mol. The number of ether oxygens (including phenoxy) is 1. The molecular formula is C18H26N2O4S. The van der Waals surface area contributed by atoms with Gasteiger partial charge in [-0.3, -0.25) is 4.79 Å². The first-order valence-electron chi connectivity index (χ1n) is 9.08. The molecule has 138 valence electrons. The minimum atomic E-state index is -3.43. The van der Waals surface area contributed by atoms with Crippen molar-refractivity contribution in [2.45, 2.75) is 55.9 Å². The summed E-state index contributed by atoms with van der Waals surface area (Å²) in [7, 11) is -3.43. The number of nitrogens with zero attached hydrogens (tertiary/aromatic N) is 1. The molecule has 1 saturated carbocycles. The Bertz CT molecular complexity index is 676. The van der Waals surface area contributed by atoms with E-state index < -0.39 is 10.0 Å². The van der Waals surface area contributed by atoms with Gasteiger partial charge in [0.25, 0.3) is 5.91 Å². The highest BCUT2D eigenvalue weighted by Gasteiger charge is 2.25. The molecule has 7 heteroatoms. The second-order valence-electron chi connectivity index (χ2n) is 6.77. The standard InChI is InChI=1S/C18H26N2O4S/c21-18(19-15-6-2-3-7-15)14-24-16-8-10-17(11-9-16)25(22,23)20-12-4-1-5-13-20/h8-11,15H,1-7,12-14H2,(H,19,21). The van der Waals surface area contributed by atoms with Crippen LogP contribution in [0.1, 0.15) is 44.9 Å². The van der Waals surface area contributed by atoms with Gasteiger partial charge in [0.15, 0.2) is 6.61 Å². The van der Waals surface area contributed by atoms with E-state index >= 15 is 0 Å². The summed E-state index contributed by atoms with van der Waals surface area (Å²) in [4.78, 5) is 12.1. The van der Waals surface area contributed by atoms with Crippen LogP contribution in [-0.2, 0) is 14.8 Å². The number of hydrogen-bond donors (Lipinski definition) is 1. The lowest BCUT2D eigenvalue weighted by molar-refractivity contribution is -0.123. The van der Waals surface area contributed by atoms with Crippen LogP contribution in [0.15, 0.2) is 29.2 Å². The lowest BCUT2D eigenvalue weighted by Gasteiger charge is -2.25. The molecule has 0 aromatic heterocycles. The summed E-state index contributed by atoms with van der Waals surface area (Å²) in [5, 5.41) is 2.96. The van der Waals surface area contributed by atoms with E-state index in [9.17, 15) is 13.2 Å². The van der Waals surface area contributed by atoms with E-state index in [-0.39, 0.29) is 23.5 Å². The fourth-order valence-corrected chi connectivity index (χ4v) is 4.97. The second-order valence-corrected chi connectivity index (χ2v) is 8.71. The molecule has 0 bridgehead atoms. The number of carbonyl (C=O) groups is 1. The molecule has 0 atom stereocenters. The van der Waals surface area contributed by atoms with Crippen molar-refractivity contribution < 1.29 is 17.9 Å². The molecule has 1 amide bonds. The topological polar surface area (TPSA) is 75.7 Å². The summed E-state index contributed by atoms with van der Waals surface area (Å²) in [5.41, 5.74) is 0. The molecule has 1 aliphatic carbocycles. The van der Waals surface area contributed by atoms with Crippen LogP contribution in [0.25, 0.3) is 0 Å². The fraction of sp³-hybridized carbons (Fsp3) is 0.611. The van der Waals surface area contributed by atoms with Gasteiger partial charge in [0.1, 0.15) is 5.75 Å². The smallest absolute Gasteiger partial charge is 0.258 e. The number of hydrogen-bond acceptors (Lipinski definition) is 4. The van der Waals surface area contributed by atoms with Crippen molar-refractivity contribution in [3.63, 3.8) is 0 Å². The Morgan fingerprint density at radius 3 is 2.32 bits per heavy atom. The summed E-state index contributed by atoms with van der Waals surface area (Å²) >= 11 is 0. The first kappa shape index (κ1) is 18.2. The zero-order valence-electron chi connectivity index (χ0n) is 14.4. The van der Waals surface area contributed by atoms with Crippen molar-refractivity contribution in [3.05, 3.63) is 24.3 Å². The van der Waals surface area contributed by atoms with E-state index in [1.54, 1.807) is 28.6 Å². The van der Waals surface area contributed by atoms with Crippen LogP contribution >= 0.6 is 0 Å². The van der Waals surface area contributed by atoms with Crippen LogP contribution in [-0.4, -0.2) is 44.4 Å². The van der Waals surface area contributed by atoms with Gasteiger partial charge in [-0.2, -0.15) is 4.31 Å². The Balaban J connectivity index is 1.53. The molecule has 1 aromatic rings. The summed E-state index contributed by atoms with van der Waals surface area (Å²) < 4.78 is 32.2. The van der Waals surface area contributed by atoms with Gasteiger partial charge in [-0.1, -0.05) is 19.3 Å². The van der Waals surface area contributed by atoms with Gasteiger partial charge in [-0.05, 0) is 49.9 Å². The van der Waals surface area contributed by atoms with Crippen molar-refractivity contribution in [1.29, 1.82) is 0 Å². The Hall–Kier alpha value is -1.60. The molecule has 6 nitrogen and oxygen atoms in total. The highest BCUT2D eigenvalue weighted by atomic mass is 32.2. The number of sulfonamides is 1. The van der Waals surface area contributed by atoms with Crippen LogP contribution in [0.2, 0.25) is 0 Å². The van der Waals surface area contributed by atoms with Crippen LogP contribution in [0.4, 0.5) is 0 Å². The molecule has 0 spiro atoms. The molecule has 1 heterocycles. The van der Waals surface area contributed by atoms with E-state index in [4.69, 9.17) is 4.74 Å². The van der Waals surface area contributed by atoms with Crippen LogP contribution < -0.4 is 10.1 Å². The molecule has 1 aliphatic heterocycles. The van der Waals surface area contributed by atoms with Gasteiger partial charge in [0.2, 0.25) is 10.0 Å². The van der Waals surface area contributed by atoms with Crippen LogP contribution in [0, 0.1) is 0 Å². The van der Waals surface area contributed by atoms with Gasteiger partial charge in [-0.15, -0.1) is 0 Å². The van der Waals surface area contributed by atoms with E-state index in [1.807, 2.05) is 0 Å². The zero-order valence-corrected chi connectivity index (χ0v) is 15.3. The van der Waals surface area contributed by atoms with E-state index in [0.717, 1.165) is 32.1 Å². The van der Waals surface area contributed by atoms with Gasteiger partial charge >= 0.3 is 0 Å². The quantitative estimate of drug-likeness (QED) is 0.838. The molecule has 0 radical (unpaired) electrons. The minimum Gasteiger partial charge on any atom is -0.484 e. The van der Waals surface area contributed by atoms with Crippen molar-refractivity contribution in [2.75, 3.05) is 19.7 Å². The Labute approximate surface area is 149 Å². The zero-order chi connectivity index (χ0) is 17.7. The van der Waals surface area contributed by atoms with Crippen molar-refractivity contribution in [1.82, 2.24) is 9.62 Å². The number of nitrogens with one attached hydrogen (secondary N) is 1. The maximum atomic E-state index is 12.6. The Kier molecular flexibility index (Phi) is 5.96. The molecule has 1 aromatic carbocycles. The number of amides is 1. The first-order valence-corrected chi connectivity index (χ1v) is 10.5. The normalized spacial score (nSPS) is 19.7. The highest BCUT2D eigenvalue weighted by molar-refractivity contribution is 7.89. The van der Waals surface area contributed by atoms with Gasteiger partial charge in [0, 0.05) is 19.1 Å². The van der Waals surface area contributed by atoms with Crippen LogP contribution in [0.3, 0.4) is 0 Å². The molecule has 1 N–H and O–H groups in total. The number of carbonyl (C=O) groups excluding carboxylic acids is 1. The maximum Gasteiger partial charge on any atom is 0.258 e. The molecule has 3 rings (SSSR count). The summed E-state index contributed by atoms with van der Waals surface area (Å²) in [6, 6.07) is 6.59. The molecule has 2 fully saturated rings. The molecule has 2 aliphatic rings. The SMILES string of the molecule is O=C(COc1ccc(S(=O)(=O)N2CCCCC2)cc1)NC1CCCC1. The fourth-order valence-electron chi connectivity index (χ4n) is 3.45. The third-order valence-electron chi connectivity index (χ3n) is 4.87. The minimum absolute atomic E-state index is 0.0469. The summed E-state index contributed by atoms with van der Waals surface area (Å²) in [5.74, 6) is 0.371.